The van der Waals surface area contributed by atoms with Gasteiger partial charge in [-0.05, 0) is 47.9 Å². The van der Waals surface area contributed by atoms with Gasteiger partial charge in [-0.15, -0.1) is 0 Å². The maximum Gasteiger partial charge on any atom is 0.171 e. The smallest absolute Gasteiger partial charge is 0.171 e. The molecule has 0 spiro atoms. The van der Waals surface area contributed by atoms with E-state index in [1.54, 1.807) is 6.40 Å². The third-order valence-corrected chi connectivity index (χ3v) is 6.37. The first kappa shape index (κ1) is 21.8. The van der Waals surface area contributed by atoms with Crippen molar-refractivity contribution in [3.05, 3.63) is 65.2 Å². The monoisotopic (exact) mass is 422 g/mol. The van der Waals surface area contributed by atoms with Gasteiger partial charge < -0.3 is 19.5 Å². The molecule has 0 saturated carbocycles. The van der Waals surface area contributed by atoms with Crippen LogP contribution in [0.2, 0.25) is 0 Å². The van der Waals surface area contributed by atoms with E-state index in [1.807, 2.05) is 12.1 Å². The lowest BCUT2D eigenvalue weighted by molar-refractivity contribution is 0.0830. The van der Waals surface area contributed by atoms with Crippen LogP contribution < -0.4 is 4.74 Å². The van der Waals surface area contributed by atoms with Crippen molar-refractivity contribution in [2.24, 2.45) is 4.99 Å². The van der Waals surface area contributed by atoms with Gasteiger partial charge in [-0.25, -0.2) is 4.99 Å². The van der Waals surface area contributed by atoms with Crippen molar-refractivity contribution in [1.82, 2.24) is 4.90 Å². The third kappa shape index (κ3) is 5.46. The molecule has 1 N–H and O–H groups in total. The Bertz CT molecular complexity index is 874. The second-order valence-corrected chi connectivity index (χ2v) is 8.90. The van der Waals surface area contributed by atoms with Gasteiger partial charge in [-0.3, -0.25) is 0 Å². The van der Waals surface area contributed by atoms with Gasteiger partial charge >= 0.3 is 0 Å². The Kier molecular flexibility index (Phi) is 7.25. The van der Waals surface area contributed by atoms with Gasteiger partial charge in [-0.1, -0.05) is 56.3 Å². The molecule has 166 valence electrons. The number of hydrogen-bond acceptors (Lipinski definition) is 5. The maximum atomic E-state index is 9.71. The molecule has 31 heavy (non-hydrogen) atoms. The first-order valence-electron chi connectivity index (χ1n) is 11.5. The molecule has 5 nitrogen and oxygen atoms in total. The third-order valence-electron chi connectivity index (χ3n) is 6.37. The van der Waals surface area contributed by atoms with Crippen molar-refractivity contribution in [1.29, 1.82) is 0 Å². The summed E-state index contributed by atoms with van der Waals surface area (Å²) in [6.07, 6.45) is 4.03. The number of para-hydroxylation sites is 1. The van der Waals surface area contributed by atoms with Crippen molar-refractivity contribution in [3.8, 4) is 5.75 Å². The summed E-state index contributed by atoms with van der Waals surface area (Å²) in [5, 5.41) is 9.71. The van der Waals surface area contributed by atoms with Crippen molar-refractivity contribution in [2.75, 3.05) is 26.2 Å². The second kappa shape index (κ2) is 10.3. The number of ether oxygens (including phenoxy) is 2. The normalized spacial score (nSPS) is 22.1. The summed E-state index contributed by atoms with van der Waals surface area (Å²) in [7, 11) is 0. The van der Waals surface area contributed by atoms with E-state index in [2.05, 4.69) is 60.1 Å². The molecule has 2 aromatic carbocycles. The quantitative estimate of drug-likeness (QED) is 0.687. The van der Waals surface area contributed by atoms with E-state index in [-0.39, 0.29) is 18.2 Å². The van der Waals surface area contributed by atoms with Crippen LogP contribution in [-0.2, 0) is 11.2 Å². The highest BCUT2D eigenvalue weighted by Crippen LogP contribution is 2.33. The zero-order valence-corrected chi connectivity index (χ0v) is 18.6. The summed E-state index contributed by atoms with van der Waals surface area (Å²) in [6.45, 7) is 7.83. The molecule has 2 aliphatic rings. The lowest BCUT2D eigenvalue weighted by atomic mass is 9.91. The first-order chi connectivity index (χ1) is 15.1. The van der Waals surface area contributed by atoms with E-state index >= 15 is 0 Å². The number of likely N-dealkylation sites (tertiary alicyclic amines) is 1. The van der Waals surface area contributed by atoms with E-state index in [9.17, 15) is 5.11 Å². The minimum absolute atomic E-state index is 0.0588. The van der Waals surface area contributed by atoms with Crippen molar-refractivity contribution in [3.63, 3.8) is 0 Å². The number of nitrogens with zero attached hydrogens (tertiary/aromatic N) is 2. The Hall–Kier alpha value is -2.37. The molecule has 2 aromatic rings. The summed E-state index contributed by atoms with van der Waals surface area (Å²) < 4.78 is 12.2. The molecule has 0 aliphatic carbocycles. The molecule has 0 bridgehead atoms. The number of aliphatic hydroxyl groups excluding tert-OH is 1. The summed E-state index contributed by atoms with van der Waals surface area (Å²) >= 11 is 0. The standard InChI is InChI=1S/C26H34N2O3/c1-19(2)22-8-4-5-9-23(22)26-24(27-18-31-26)17-30-25-10-6-3-7-20(25)11-14-28-15-12-21(29)13-16-28/h3-10,18-19,21,24,26,29H,11-17H2,1-2H3. The Labute approximate surface area is 185 Å². The van der Waals surface area contributed by atoms with Gasteiger partial charge in [-0.2, -0.15) is 0 Å². The van der Waals surface area contributed by atoms with Crippen molar-refractivity contribution in [2.45, 2.75) is 57.3 Å². The van der Waals surface area contributed by atoms with E-state index in [1.165, 1.54) is 16.7 Å². The fraction of sp³-hybridized carbons (Fsp3) is 0.500. The van der Waals surface area contributed by atoms with Gasteiger partial charge in [0.25, 0.3) is 0 Å². The number of hydrogen-bond donors (Lipinski definition) is 1. The average molecular weight is 423 g/mol. The number of benzene rings is 2. The molecule has 0 radical (unpaired) electrons. The van der Waals surface area contributed by atoms with E-state index in [0.29, 0.717) is 12.5 Å². The zero-order chi connectivity index (χ0) is 21.6. The fourth-order valence-electron chi connectivity index (χ4n) is 4.50. The van der Waals surface area contributed by atoms with Crippen molar-refractivity contribution < 1.29 is 14.6 Å². The number of rotatable bonds is 8. The fourth-order valence-corrected chi connectivity index (χ4v) is 4.50. The summed E-state index contributed by atoms with van der Waals surface area (Å²) in [5.41, 5.74) is 3.72. The summed E-state index contributed by atoms with van der Waals surface area (Å²) in [5.74, 6) is 1.36. The SMILES string of the molecule is CC(C)c1ccccc1C1OC=NC1COc1ccccc1CCN1CCC(O)CC1. The minimum Gasteiger partial charge on any atom is -0.491 e. The predicted octanol–water partition coefficient (Wildman–Crippen LogP) is 4.36. The average Bonchev–Trinajstić information content (AvgIpc) is 3.26. The molecule has 2 unspecified atom stereocenters. The van der Waals surface area contributed by atoms with Crippen LogP contribution in [0.5, 0.6) is 5.75 Å². The van der Waals surface area contributed by atoms with Crippen LogP contribution in [-0.4, -0.2) is 54.8 Å². The highest BCUT2D eigenvalue weighted by Gasteiger charge is 2.31. The van der Waals surface area contributed by atoms with E-state index in [0.717, 1.165) is 44.6 Å². The number of piperidine rings is 1. The maximum absolute atomic E-state index is 9.71. The molecule has 2 aliphatic heterocycles. The Morgan fingerprint density at radius 1 is 1.10 bits per heavy atom. The lowest BCUT2D eigenvalue weighted by Gasteiger charge is -2.29. The van der Waals surface area contributed by atoms with Crippen LogP contribution in [0.15, 0.2) is 53.5 Å². The Balaban J connectivity index is 1.38. The molecule has 5 heteroatoms. The van der Waals surface area contributed by atoms with Crippen LogP contribution in [0.1, 0.15) is 55.4 Å². The predicted molar refractivity (Wildman–Crippen MR) is 124 cm³/mol. The van der Waals surface area contributed by atoms with Crippen LogP contribution in [0.25, 0.3) is 0 Å². The topological polar surface area (TPSA) is 54.3 Å². The second-order valence-electron chi connectivity index (χ2n) is 8.90. The Morgan fingerprint density at radius 2 is 1.84 bits per heavy atom. The van der Waals surface area contributed by atoms with Gasteiger partial charge in [0.15, 0.2) is 12.5 Å². The molecular formula is C26H34N2O3. The molecule has 2 heterocycles. The molecule has 2 atom stereocenters. The number of aliphatic imine (C=N–C) groups is 1. The molecule has 0 aromatic heterocycles. The highest BCUT2D eigenvalue weighted by atomic mass is 16.5. The zero-order valence-electron chi connectivity index (χ0n) is 18.6. The van der Waals surface area contributed by atoms with E-state index in [4.69, 9.17) is 9.47 Å². The largest absolute Gasteiger partial charge is 0.491 e. The van der Waals surface area contributed by atoms with Gasteiger partial charge in [0, 0.05) is 19.6 Å². The van der Waals surface area contributed by atoms with Crippen LogP contribution >= 0.6 is 0 Å². The van der Waals surface area contributed by atoms with Crippen LogP contribution in [0.3, 0.4) is 0 Å². The molecule has 0 amide bonds. The molecule has 4 rings (SSSR count). The minimum atomic E-state index is -0.130. The number of aliphatic hydroxyl groups is 1. The lowest BCUT2D eigenvalue weighted by Crippen LogP contribution is -2.37. The van der Waals surface area contributed by atoms with Crippen LogP contribution in [0.4, 0.5) is 0 Å². The molecular weight excluding hydrogens is 388 g/mol. The first-order valence-corrected chi connectivity index (χ1v) is 11.5. The van der Waals surface area contributed by atoms with Crippen LogP contribution in [0, 0.1) is 0 Å². The summed E-state index contributed by atoms with van der Waals surface area (Å²) in [6, 6.07) is 16.7. The summed E-state index contributed by atoms with van der Waals surface area (Å²) in [4.78, 5) is 6.99. The highest BCUT2D eigenvalue weighted by molar-refractivity contribution is 5.52. The van der Waals surface area contributed by atoms with E-state index < -0.39 is 0 Å². The molecule has 1 saturated heterocycles. The Morgan fingerprint density at radius 3 is 2.65 bits per heavy atom. The van der Waals surface area contributed by atoms with Gasteiger partial charge in [0.1, 0.15) is 18.4 Å². The van der Waals surface area contributed by atoms with Gasteiger partial charge in [0.05, 0.1) is 6.10 Å². The molecule has 1 fully saturated rings. The van der Waals surface area contributed by atoms with Crippen molar-refractivity contribution >= 4 is 6.40 Å². The van der Waals surface area contributed by atoms with Gasteiger partial charge in [0.2, 0.25) is 0 Å².